The Balaban J connectivity index is 2.49. The lowest BCUT2D eigenvalue weighted by molar-refractivity contribution is 0.572. The van der Waals surface area contributed by atoms with E-state index < -0.39 is 17.8 Å². The highest BCUT2D eigenvalue weighted by Crippen LogP contribution is 2.21. The molecule has 6 heteroatoms. The quantitative estimate of drug-likeness (QED) is 0.682. The van der Waals surface area contributed by atoms with Crippen LogP contribution in [0.25, 0.3) is 0 Å². The Morgan fingerprint density at radius 1 is 1.58 bits per heavy atom. The molecule has 4 nitrogen and oxygen atoms in total. The third-order valence-electron chi connectivity index (χ3n) is 1.76. The van der Waals surface area contributed by atoms with Crippen molar-refractivity contribution in [1.29, 1.82) is 0 Å². The summed E-state index contributed by atoms with van der Waals surface area (Å²) in [6.45, 7) is 3.36. The van der Waals surface area contributed by atoms with Crippen molar-refractivity contribution in [2.45, 2.75) is 12.5 Å². The molecule has 0 spiro atoms. The van der Waals surface area contributed by atoms with Gasteiger partial charge < -0.3 is 4.57 Å². The van der Waals surface area contributed by atoms with Gasteiger partial charge in [0, 0.05) is 6.04 Å². The first kappa shape index (κ1) is 9.96. The molecule has 1 fully saturated rings. The van der Waals surface area contributed by atoms with Gasteiger partial charge in [-0.1, -0.05) is 6.58 Å². The van der Waals surface area contributed by atoms with Gasteiger partial charge in [0.05, 0.1) is 11.5 Å². The van der Waals surface area contributed by atoms with E-state index in [1.165, 1.54) is 5.82 Å². The first-order valence-electron chi connectivity index (χ1n) is 3.67. The maximum Gasteiger partial charge on any atom is 0.157 e. The standard InChI is InChI=1S/C6H12NO3PS/c1-2-11(8)7-6-3-4-12(9,10)5-6/h2,6,11H,1,3-5H2,(H,7,8). The molecule has 1 N–H and O–H groups in total. The predicted octanol–water partition coefficient (Wildman–Crippen LogP) is 0.381. The highest BCUT2D eigenvalue weighted by Gasteiger charge is 2.27. The Kier molecular flexibility index (Phi) is 3.09. The van der Waals surface area contributed by atoms with Gasteiger partial charge in [-0.05, 0) is 12.2 Å². The molecule has 1 saturated heterocycles. The lowest BCUT2D eigenvalue weighted by Crippen LogP contribution is -2.23. The fourth-order valence-electron chi connectivity index (χ4n) is 1.17. The molecule has 0 amide bonds. The molecule has 70 valence electrons. The van der Waals surface area contributed by atoms with E-state index in [9.17, 15) is 13.0 Å². The second kappa shape index (κ2) is 3.73. The summed E-state index contributed by atoms with van der Waals surface area (Å²) in [5.74, 6) is 1.64. The van der Waals surface area contributed by atoms with Crippen LogP contribution in [0, 0.1) is 0 Å². The average molecular weight is 209 g/mol. The van der Waals surface area contributed by atoms with E-state index in [1.54, 1.807) is 0 Å². The smallest absolute Gasteiger partial charge is 0.157 e. The van der Waals surface area contributed by atoms with Crippen molar-refractivity contribution in [2.24, 2.45) is 0 Å². The molecule has 0 saturated carbocycles. The lowest BCUT2D eigenvalue weighted by atomic mass is 10.3. The summed E-state index contributed by atoms with van der Waals surface area (Å²) >= 11 is 0. The molecule has 0 radical (unpaired) electrons. The first-order valence-corrected chi connectivity index (χ1v) is 6.97. The van der Waals surface area contributed by atoms with Crippen molar-refractivity contribution in [3.8, 4) is 0 Å². The third kappa shape index (κ3) is 2.73. The SMILES string of the molecule is C=C[PH](=O)NC1CCS(=O)(=O)C1. The van der Waals surface area contributed by atoms with E-state index in [2.05, 4.69) is 11.7 Å². The van der Waals surface area contributed by atoms with Crippen LogP contribution in [0.3, 0.4) is 0 Å². The monoisotopic (exact) mass is 209 g/mol. The fourth-order valence-corrected chi connectivity index (χ4v) is 3.76. The van der Waals surface area contributed by atoms with Crippen LogP contribution in [0.1, 0.15) is 6.42 Å². The normalized spacial score (nSPS) is 29.8. The van der Waals surface area contributed by atoms with Crippen molar-refractivity contribution >= 4 is 17.8 Å². The van der Waals surface area contributed by atoms with Gasteiger partial charge in [0.15, 0.2) is 17.8 Å². The molecule has 0 aromatic heterocycles. The van der Waals surface area contributed by atoms with E-state index in [4.69, 9.17) is 0 Å². The number of hydrogen-bond donors (Lipinski definition) is 1. The summed E-state index contributed by atoms with van der Waals surface area (Å²) in [6, 6.07) is -0.139. The molecule has 2 unspecified atom stereocenters. The Bertz CT molecular complexity index is 298. The zero-order chi connectivity index (χ0) is 9.19. The van der Waals surface area contributed by atoms with Crippen LogP contribution in [-0.2, 0) is 14.4 Å². The van der Waals surface area contributed by atoms with Crippen LogP contribution in [0.5, 0.6) is 0 Å². The predicted molar refractivity (Wildman–Crippen MR) is 49.4 cm³/mol. The number of hydrogen-bond acceptors (Lipinski definition) is 3. The van der Waals surface area contributed by atoms with Gasteiger partial charge in [-0.2, -0.15) is 0 Å². The lowest BCUT2D eigenvalue weighted by Gasteiger charge is -2.06. The highest BCUT2D eigenvalue weighted by atomic mass is 32.2. The minimum absolute atomic E-state index is 0.108. The van der Waals surface area contributed by atoms with Crippen molar-refractivity contribution in [3.63, 3.8) is 0 Å². The molecular formula is C6H12NO3PS. The molecule has 1 aliphatic heterocycles. The molecule has 0 bridgehead atoms. The molecule has 1 aliphatic rings. The average Bonchev–Trinajstić information content (AvgIpc) is 2.30. The third-order valence-corrected chi connectivity index (χ3v) is 4.60. The second-order valence-electron chi connectivity index (χ2n) is 2.81. The molecule has 1 rings (SSSR count). The van der Waals surface area contributed by atoms with Gasteiger partial charge in [0.2, 0.25) is 0 Å². The summed E-state index contributed by atoms with van der Waals surface area (Å²) in [7, 11) is -4.83. The zero-order valence-corrected chi connectivity index (χ0v) is 8.43. The van der Waals surface area contributed by atoms with Gasteiger partial charge in [0.25, 0.3) is 0 Å². The first-order chi connectivity index (χ1) is 5.53. The molecule has 12 heavy (non-hydrogen) atoms. The van der Waals surface area contributed by atoms with E-state index in [1.807, 2.05) is 0 Å². The van der Waals surface area contributed by atoms with Crippen LogP contribution in [0.15, 0.2) is 12.4 Å². The summed E-state index contributed by atoms with van der Waals surface area (Å²) in [6.07, 6.45) is 0.562. The van der Waals surface area contributed by atoms with E-state index in [-0.39, 0.29) is 17.5 Å². The summed E-state index contributed by atoms with van der Waals surface area (Å²) in [5, 5.41) is 2.73. The van der Waals surface area contributed by atoms with Crippen LogP contribution < -0.4 is 5.09 Å². The molecule has 0 aliphatic carbocycles. The topological polar surface area (TPSA) is 63.2 Å². The Morgan fingerprint density at radius 2 is 2.25 bits per heavy atom. The Labute approximate surface area is 72.8 Å². The van der Waals surface area contributed by atoms with Crippen molar-refractivity contribution in [2.75, 3.05) is 11.5 Å². The number of nitrogens with one attached hydrogen (secondary N) is 1. The Hall–Kier alpha value is -0.120. The minimum Gasteiger partial charge on any atom is -0.306 e. The number of rotatable bonds is 3. The second-order valence-corrected chi connectivity index (χ2v) is 6.47. The van der Waals surface area contributed by atoms with E-state index >= 15 is 0 Å². The summed E-state index contributed by atoms with van der Waals surface area (Å²) < 4.78 is 32.8. The maximum atomic E-state index is 11.0. The minimum atomic E-state index is -2.87. The maximum absolute atomic E-state index is 11.0. The van der Waals surface area contributed by atoms with Crippen LogP contribution in [0.2, 0.25) is 0 Å². The highest BCUT2D eigenvalue weighted by molar-refractivity contribution is 7.91. The summed E-state index contributed by atoms with van der Waals surface area (Å²) in [4.78, 5) is 0. The van der Waals surface area contributed by atoms with Crippen LogP contribution in [0.4, 0.5) is 0 Å². The summed E-state index contributed by atoms with van der Waals surface area (Å²) in [5.41, 5.74) is 0. The van der Waals surface area contributed by atoms with Gasteiger partial charge in [0.1, 0.15) is 0 Å². The van der Waals surface area contributed by atoms with Crippen LogP contribution >= 0.6 is 7.95 Å². The molecule has 1 heterocycles. The zero-order valence-electron chi connectivity index (χ0n) is 6.62. The van der Waals surface area contributed by atoms with Crippen molar-refractivity contribution in [3.05, 3.63) is 12.4 Å². The van der Waals surface area contributed by atoms with E-state index in [0.717, 1.165) is 0 Å². The van der Waals surface area contributed by atoms with Crippen molar-refractivity contribution in [1.82, 2.24) is 5.09 Å². The van der Waals surface area contributed by atoms with Gasteiger partial charge >= 0.3 is 0 Å². The largest absolute Gasteiger partial charge is 0.306 e. The molecule has 2 atom stereocenters. The van der Waals surface area contributed by atoms with Gasteiger partial charge in [-0.15, -0.1) is 0 Å². The Morgan fingerprint density at radius 3 is 2.67 bits per heavy atom. The fraction of sp³-hybridized carbons (Fsp3) is 0.667. The molecule has 0 aromatic carbocycles. The van der Waals surface area contributed by atoms with Crippen LogP contribution in [-0.4, -0.2) is 26.0 Å². The van der Waals surface area contributed by atoms with Crippen molar-refractivity contribution < 1.29 is 13.0 Å². The van der Waals surface area contributed by atoms with Gasteiger partial charge in [-0.25, -0.2) is 8.42 Å². The number of sulfone groups is 1. The van der Waals surface area contributed by atoms with E-state index in [0.29, 0.717) is 6.42 Å². The molecule has 0 aromatic rings. The van der Waals surface area contributed by atoms with Gasteiger partial charge in [-0.3, -0.25) is 5.09 Å². The molecular weight excluding hydrogens is 197 g/mol.